The molecule has 2 aromatic heterocycles. The van der Waals surface area contributed by atoms with Gasteiger partial charge in [0.1, 0.15) is 5.69 Å². The van der Waals surface area contributed by atoms with Gasteiger partial charge in [-0.3, -0.25) is 0 Å². The first-order valence-electron chi connectivity index (χ1n) is 4.70. The molecule has 2 rings (SSSR count). The van der Waals surface area contributed by atoms with Gasteiger partial charge in [-0.1, -0.05) is 11.6 Å². The Morgan fingerprint density at radius 1 is 1.00 bits per heavy atom. The number of hydrogen-bond acceptors (Lipinski definition) is 3. The summed E-state index contributed by atoms with van der Waals surface area (Å²) in [5, 5.41) is -0.578. The highest BCUT2D eigenvalue weighted by Crippen LogP contribution is 2.30. The molecule has 0 spiro atoms. The van der Waals surface area contributed by atoms with Crippen LogP contribution in [0.2, 0.25) is 5.15 Å². The average molecular weight is 296 g/mol. The minimum absolute atomic E-state index is 0.253. The maximum absolute atomic E-state index is 13.5. The number of pyridine rings is 1. The summed E-state index contributed by atoms with van der Waals surface area (Å²) >= 11 is 5.36. The number of rotatable bonds is 1. The first-order chi connectivity index (χ1) is 8.79. The van der Waals surface area contributed by atoms with Crippen LogP contribution in [0.25, 0.3) is 11.5 Å². The molecule has 2 heterocycles. The predicted octanol–water partition coefficient (Wildman–Crippen LogP) is 3.49. The maximum Gasteiger partial charge on any atom is 0.417 e. The van der Waals surface area contributed by atoms with Crippen LogP contribution in [0.15, 0.2) is 18.5 Å². The van der Waals surface area contributed by atoms with Crippen LogP contribution in [0.3, 0.4) is 0 Å². The van der Waals surface area contributed by atoms with Gasteiger partial charge in [-0.15, -0.1) is 0 Å². The van der Waals surface area contributed by atoms with Gasteiger partial charge in [-0.2, -0.15) is 13.2 Å². The molecule has 0 aliphatic rings. The predicted molar refractivity (Wildman–Crippen MR) is 55.2 cm³/mol. The maximum atomic E-state index is 13.5. The van der Waals surface area contributed by atoms with Gasteiger partial charge < -0.3 is 0 Å². The van der Waals surface area contributed by atoms with E-state index in [1.165, 1.54) is 0 Å². The second-order valence-electron chi connectivity index (χ2n) is 3.38. The molecule has 0 radical (unpaired) electrons. The highest BCUT2D eigenvalue weighted by Gasteiger charge is 2.32. The molecule has 0 aromatic carbocycles. The fourth-order valence-corrected chi connectivity index (χ4v) is 1.35. The summed E-state index contributed by atoms with van der Waals surface area (Å²) in [6.45, 7) is 0. The van der Waals surface area contributed by atoms with Gasteiger partial charge in [0.25, 0.3) is 0 Å². The van der Waals surface area contributed by atoms with Crippen LogP contribution >= 0.6 is 11.6 Å². The van der Waals surface area contributed by atoms with Crippen LogP contribution in [-0.2, 0) is 6.18 Å². The zero-order chi connectivity index (χ0) is 14.2. The van der Waals surface area contributed by atoms with E-state index in [2.05, 4.69) is 15.0 Å². The van der Waals surface area contributed by atoms with Gasteiger partial charge in [-0.05, 0) is 6.07 Å². The van der Waals surface area contributed by atoms with Crippen molar-refractivity contribution in [3.63, 3.8) is 0 Å². The van der Waals surface area contributed by atoms with Crippen molar-refractivity contribution in [3.8, 4) is 11.5 Å². The Morgan fingerprint density at radius 2 is 1.68 bits per heavy atom. The van der Waals surface area contributed by atoms with E-state index in [1.807, 2.05) is 0 Å². The molecule has 9 heteroatoms. The molecule has 0 saturated heterocycles. The van der Waals surface area contributed by atoms with Crippen molar-refractivity contribution in [2.45, 2.75) is 6.18 Å². The lowest BCUT2D eigenvalue weighted by Gasteiger charge is -2.07. The summed E-state index contributed by atoms with van der Waals surface area (Å²) < 4.78 is 63.3. The zero-order valence-corrected chi connectivity index (χ0v) is 9.60. The largest absolute Gasteiger partial charge is 0.417 e. The molecule has 0 amide bonds. The summed E-state index contributed by atoms with van der Waals surface area (Å²) in [5.41, 5.74) is -1.79. The second-order valence-corrected chi connectivity index (χ2v) is 3.74. The van der Waals surface area contributed by atoms with E-state index in [9.17, 15) is 22.0 Å². The third-order valence-corrected chi connectivity index (χ3v) is 2.35. The number of alkyl halides is 3. The minimum Gasteiger partial charge on any atom is -0.249 e. The lowest BCUT2D eigenvalue weighted by molar-refractivity contribution is -0.138. The molecule has 0 aliphatic heterocycles. The summed E-state index contributed by atoms with van der Waals surface area (Å²) in [7, 11) is 0. The summed E-state index contributed by atoms with van der Waals surface area (Å²) in [4.78, 5) is 10.1. The van der Waals surface area contributed by atoms with Gasteiger partial charge in [0.05, 0.1) is 11.8 Å². The van der Waals surface area contributed by atoms with Crippen LogP contribution < -0.4 is 0 Å². The number of aromatic nitrogens is 3. The molecule has 3 nitrogen and oxygen atoms in total. The van der Waals surface area contributed by atoms with Gasteiger partial charge in [0.2, 0.25) is 0 Å². The van der Waals surface area contributed by atoms with Gasteiger partial charge >= 0.3 is 6.18 Å². The van der Waals surface area contributed by atoms with Gasteiger partial charge in [0.15, 0.2) is 22.6 Å². The fourth-order valence-electron chi connectivity index (χ4n) is 1.22. The van der Waals surface area contributed by atoms with Crippen LogP contribution in [0, 0.1) is 11.6 Å². The Balaban J connectivity index is 2.49. The normalized spacial score (nSPS) is 11.7. The molecule has 0 bridgehead atoms. The summed E-state index contributed by atoms with van der Waals surface area (Å²) in [6, 6.07) is 0.253. The molecule has 0 N–H and O–H groups in total. The molecule has 100 valence electrons. The molecule has 0 saturated carbocycles. The molecular formula is C10H3ClF5N3. The van der Waals surface area contributed by atoms with Crippen molar-refractivity contribution in [3.05, 3.63) is 40.8 Å². The van der Waals surface area contributed by atoms with Crippen LogP contribution in [0.4, 0.5) is 22.0 Å². The number of nitrogens with zero attached hydrogens (tertiary/aromatic N) is 3. The average Bonchev–Trinajstić information content (AvgIpc) is 2.31. The Kier molecular flexibility index (Phi) is 3.36. The zero-order valence-electron chi connectivity index (χ0n) is 8.84. The van der Waals surface area contributed by atoms with Crippen molar-refractivity contribution >= 4 is 11.6 Å². The lowest BCUT2D eigenvalue weighted by Crippen LogP contribution is -2.07. The Bertz CT molecular complexity index is 629. The van der Waals surface area contributed by atoms with Crippen molar-refractivity contribution in [1.29, 1.82) is 0 Å². The van der Waals surface area contributed by atoms with E-state index in [4.69, 9.17) is 11.6 Å². The van der Waals surface area contributed by atoms with E-state index in [0.29, 0.717) is 12.4 Å². The molecule has 0 atom stereocenters. The minimum atomic E-state index is -4.71. The first kappa shape index (κ1) is 13.6. The highest BCUT2D eigenvalue weighted by molar-refractivity contribution is 6.29. The third kappa shape index (κ3) is 2.78. The SMILES string of the molecule is Fc1cnc(-c2ncc(C(F)(F)F)cc2F)nc1Cl. The first-order valence-corrected chi connectivity index (χ1v) is 5.08. The number of hydrogen-bond donors (Lipinski definition) is 0. The lowest BCUT2D eigenvalue weighted by atomic mass is 10.2. The summed E-state index contributed by atoms with van der Waals surface area (Å²) in [5.74, 6) is -2.62. The van der Waals surface area contributed by atoms with Crippen LogP contribution in [-0.4, -0.2) is 15.0 Å². The van der Waals surface area contributed by atoms with E-state index in [-0.39, 0.29) is 6.07 Å². The molecule has 2 aromatic rings. The second kappa shape index (κ2) is 4.69. The fraction of sp³-hybridized carbons (Fsp3) is 0.100. The Hall–Kier alpha value is -1.83. The topological polar surface area (TPSA) is 38.7 Å². The molecular weight excluding hydrogens is 293 g/mol. The molecule has 19 heavy (non-hydrogen) atoms. The van der Waals surface area contributed by atoms with E-state index < -0.39 is 40.0 Å². The van der Waals surface area contributed by atoms with Crippen molar-refractivity contribution < 1.29 is 22.0 Å². The van der Waals surface area contributed by atoms with E-state index in [0.717, 1.165) is 0 Å². The number of halogens is 6. The molecule has 0 fully saturated rings. The van der Waals surface area contributed by atoms with E-state index in [1.54, 1.807) is 0 Å². The van der Waals surface area contributed by atoms with Crippen LogP contribution in [0.5, 0.6) is 0 Å². The van der Waals surface area contributed by atoms with Crippen molar-refractivity contribution in [1.82, 2.24) is 15.0 Å². The summed E-state index contributed by atoms with van der Waals surface area (Å²) in [6.07, 6.45) is -3.61. The van der Waals surface area contributed by atoms with Crippen molar-refractivity contribution in [2.24, 2.45) is 0 Å². The van der Waals surface area contributed by atoms with Crippen LogP contribution in [0.1, 0.15) is 5.56 Å². The standard InChI is InChI=1S/C10H3ClF5N3/c11-8-6(13)3-18-9(19-8)7-5(12)1-4(2-17-7)10(14,15)16/h1-3H. The smallest absolute Gasteiger partial charge is 0.249 e. The Morgan fingerprint density at radius 3 is 2.21 bits per heavy atom. The third-order valence-electron chi connectivity index (χ3n) is 2.08. The van der Waals surface area contributed by atoms with E-state index >= 15 is 0 Å². The van der Waals surface area contributed by atoms with Gasteiger partial charge in [-0.25, -0.2) is 23.7 Å². The molecule has 0 aliphatic carbocycles. The Labute approximate surface area is 108 Å². The van der Waals surface area contributed by atoms with Crippen molar-refractivity contribution in [2.75, 3.05) is 0 Å². The van der Waals surface area contributed by atoms with Gasteiger partial charge in [0, 0.05) is 6.20 Å². The quantitative estimate of drug-likeness (QED) is 0.597. The monoisotopic (exact) mass is 295 g/mol. The highest BCUT2D eigenvalue weighted by atomic mass is 35.5. The molecule has 0 unspecified atom stereocenters.